The maximum Gasteiger partial charge on any atom is 0.348 e. The monoisotopic (exact) mass is 329 g/mol. The minimum absolute atomic E-state index is 0.123. The van der Waals surface area contributed by atoms with Gasteiger partial charge in [-0.3, -0.25) is 0 Å². The van der Waals surface area contributed by atoms with Crippen LogP contribution in [0.4, 0.5) is 11.5 Å². The van der Waals surface area contributed by atoms with Gasteiger partial charge in [0.1, 0.15) is 27.1 Å². The standard InChI is InChI=1S/C16H15N3O3S/c1-8-12-14(19-10-6-4-5-7-11(10)20)17-9(2)18-15(12)23-13(8)16(21)22-3/h4-7,20H,1-3H3,(H,17,18,19). The fourth-order valence-corrected chi connectivity index (χ4v) is 3.48. The van der Waals surface area contributed by atoms with Gasteiger partial charge in [0.25, 0.3) is 0 Å². The fourth-order valence-electron chi connectivity index (χ4n) is 2.33. The van der Waals surface area contributed by atoms with E-state index in [1.807, 2.05) is 13.0 Å². The zero-order chi connectivity index (χ0) is 16.6. The molecule has 0 atom stereocenters. The number of nitrogens with one attached hydrogen (secondary N) is 1. The van der Waals surface area contributed by atoms with Crippen LogP contribution in [0.3, 0.4) is 0 Å². The number of thiophene rings is 1. The minimum atomic E-state index is -0.392. The van der Waals surface area contributed by atoms with Gasteiger partial charge >= 0.3 is 5.97 Å². The molecule has 6 nitrogen and oxygen atoms in total. The molecule has 1 aromatic carbocycles. The zero-order valence-electron chi connectivity index (χ0n) is 12.9. The number of hydrogen-bond donors (Lipinski definition) is 2. The number of methoxy groups -OCH3 is 1. The lowest BCUT2D eigenvalue weighted by Gasteiger charge is -2.09. The highest BCUT2D eigenvalue weighted by Crippen LogP contribution is 2.36. The Morgan fingerprint density at radius 3 is 2.70 bits per heavy atom. The molecular formula is C16H15N3O3S. The van der Waals surface area contributed by atoms with Crippen molar-refractivity contribution in [2.75, 3.05) is 12.4 Å². The molecule has 23 heavy (non-hydrogen) atoms. The number of carbonyl (C=O) groups is 1. The van der Waals surface area contributed by atoms with E-state index < -0.39 is 5.97 Å². The van der Waals surface area contributed by atoms with Gasteiger partial charge in [-0.05, 0) is 31.5 Å². The van der Waals surface area contributed by atoms with Gasteiger partial charge < -0.3 is 15.2 Å². The summed E-state index contributed by atoms with van der Waals surface area (Å²) in [6.07, 6.45) is 0. The summed E-state index contributed by atoms with van der Waals surface area (Å²) in [7, 11) is 1.35. The van der Waals surface area contributed by atoms with E-state index in [2.05, 4.69) is 15.3 Å². The molecule has 3 aromatic rings. The number of aryl methyl sites for hydroxylation is 2. The third kappa shape index (κ3) is 2.70. The van der Waals surface area contributed by atoms with Crippen molar-refractivity contribution in [1.29, 1.82) is 0 Å². The first-order valence-electron chi connectivity index (χ1n) is 6.92. The third-order valence-corrected chi connectivity index (χ3v) is 4.60. The highest BCUT2D eigenvalue weighted by atomic mass is 32.1. The van der Waals surface area contributed by atoms with Crippen molar-refractivity contribution in [2.24, 2.45) is 0 Å². The zero-order valence-corrected chi connectivity index (χ0v) is 13.7. The lowest BCUT2D eigenvalue weighted by atomic mass is 10.2. The van der Waals surface area contributed by atoms with Gasteiger partial charge in [-0.2, -0.15) is 0 Å². The molecule has 0 radical (unpaired) electrons. The first-order valence-corrected chi connectivity index (χ1v) is 7.74. The number of carbonyl (C=O) groups excluding carboxylic acids is 1. The largest absolute Gasteiger partial charge is 0.506 e. The molecular weight excluding hydrogens is 314 g/mol. The molecule has 118 valence electrons. The number of aromatic hydroxyl groups is 1. The summed E-state index contributed by atoms with van der Waals surface area (Å²) in [5, 5.41) is 13.8. The van der Waals surface area contributed by atoms with Gasteiger partial charge in [0.05, 0.1) is 18.2 Å². The molecule has 0 aliphatic rings. The number of para-hydroxylation sites is 2. The molecule has 0 amide bonds. The van der Waals surface area contributed by atoms with Crippen LogP contribution in [0, 0.1) is 13.8 Å². The number of ether oxygens (including phenoxy) is 1. The summed E-state index contributed by atoms with van der Waals surface area (Å²) in [5.74, 6) is 0.862. The number of hydrogen-bond acceptors (Lipinski definition) is 7. The number of esters is 1. The first kappa shape index (κ1) is 15.2. The Kier molecular flexibility index (Phi) is 3.87. The molecule has 0 aliphatic heterocycles. The predicted octanol–water partition coefficient (Wildman–Crippen LogP) is 3.54. The Bertz CT molecular complexity index is 905. The van der Waals surface area contributed by atoms with Crippen LogP contribution in [0.2, 0.25) is 0 Å². The summed E-state index contributed by atoms with van der Waals surface area (Å²) in [6, 6.07) is 6.90. The number of fused-ring (bicyclic) bond motifs is 1. The van der Waals surface area contributed by atoms with Crippen LogP contribution in [0.1, 0.15) is 21.1 Å². The number of phenols is 1. The molecule has 0 fully saturated rings. The van der Waals surface area contributed by atoms with Crippen molar-refractivity contribution >= 4 is 39.0 Å². The summed E-state index contributed by atoms with van der Waals surface area (Å²) in [6.45, 7) is 3.61. The fraction of sp³-hybridized carbons (Fsp3) is 0.188. The van der Waals surface area contributed by atoms with E-state index in [4.69, 9.17) is 4.74 Å². The van der Waals surface area contributed by atoms with Crippen molar-refractivity contribution in [2.45, 2.75) is 13.8 Å². The summed E-state index contributed by atoms with van der Waals surface area (Å²) >= 11 is 1.27. The average Bonchev–Trinajstić information content (AvgIpc) is 2.85. The number of aromatic nitrogens is 2. The maximum absolute atomic E-state index is 11.9. The molecule has 2 heterocycles. The summed E-state index contributed by atoms with van der Waals surface area (Å²) in [4.78, 5) is 21.9. The molecule has 3 rings (SSSR count). The smallest absolute Gasteiger partial charge is 0.348 e. The topological polar surface area (TPSA) is 84.3 Å². The molecule has 0 unspecified atom stereocenters. The number of phenolic OH excluding ortho intramolecular Hbond substituents is 1. The number of nitrogens with zero attached hydrogens (tertiary/aromatic N) is 2. The number of anilines is 2. The maximum atomic E-state index is 11.9. The molecule has 0 saturated heterocycles. The summed E-state index contributed by atoms with van der Waals surface area (Å²) in [5.41, 5.74) is 1.30. The van der Waals surface area contributed by atoms with E-state index in [1.54, 1.807) is 25.1 Å². The second-order valence-corrected chi connectivity index (χ2v) is 5.99. The minimum Gasteiger partial charge on any atom is -0.506 e. The van der Waals surface area contributed by atoms with Gasteiger partial charge in [-0.1, -0.05) is 12.1 Å². The lowest BCUT2D eigenvalue weighted by Crippen LogP contribution is -2.01. The van der Waals surface area contributed by atoms with Crippen molar-refractivity contribution in [3.05, 3.63) is 40.5 Å². The van der Waals surface area contributed by atoms with Gasteiger partial charge in [-0.25, -0.2) is 14.8 Å². The molecule has 0 saturated carbocycles. The molecule has 2 aromatic heterocycles. The van der Waals surface area contributed by atoms with Crippen LogP contribution in [0.15, 0.2) is 24.3 Å². The Morgan fingerprint density at radius 2 is 2.00 bits per heavy atom. The van der Waals surface area contributed by atoms with E-state index in [9.17, 15) is 9.90 Å². The third-order valence-electron chi connectivity index (χ3n) is 3.43. The number of rotatable bonds is 3. The average molecular weight is 329 g/mol. The van der Waals surface area contributed by atoms with Crippen molar-refractivity contribution in [3.8, 4) is 5.75 Å². The van der Waals surface area contributed by atoms with Gasteiger partial charge in [0, 0.05) is 0 Å². The van der Waals surface area contributed by atoms with E-state index in [-0.39, 0.29) is 5.75 Å². The first-order chi connectivity index (χ1) is 11.0. The Hall–Kier alpha value is -2.67. The van der Waals surface area contributed by atoms with Crippen molar-refractivity contribution in [1.82, 2.24) is 9.97 Å². The van der Waals surface area contributed by atoms with Crippen LogP contribution < -0.4 is 5.32 Å². The second-order valence-electron chi connectivity index (χ2n) is 4.99. The lowest BCUT2D eigenvalue weighted by molar-refractivity contribution is 0.0605. The van der Waals surface area contributed by atoms with Crippen molar-refractivity contribution < 1.29 is 14.6 Å². The van der Waals surface area contributed by atoms with Crippen LogP contribution >= 0.6 is 11.3 Å². The molecule has 2 N–H and O–H groups in total. The van der Waals surface area contributed by atoms with Gasteiger partial charge in [0.15, 0.2) is 0 Å². The molecule has 0 spiro atoms. The molecule has 7 heteroatoms. The van der Waals surface area contributed by atoms with E-state index >= 15 is 0 Å². The van der Waals surface area contributed by atoms with Gasteiger partial charge in [0.2, 0.25) is 0 Å². The van der Waals surface area contributed by atoms with E-state index in [0.29, 0.717) is 27.0 Å². The second kappa shape index (κ2) is 5.85. The Balaban J connectivity index is 2.18. The van der Waals surface area contributed by atoms with Crippen LogP contribution in [0.5, 0.6) is 5.75 Å². The van der Waals surface area contributed by atoms with Crippen LogP contribution in [0.25, 0.3) is 10.2 Å². The van der Waals surface area contributed by atoms with Crippen LogP contribution in [-0.2, 0) is 4.74 Å². The van der Waals surface area contributed by atoms with Crippen molar-refractivity contribution in [3.63, 3.8) is 0 Å². The van der Waals surface area contributed by atoms with E-state index in [1.165, 1.54) is 18.4 Å². The highest BCUT2D eigenvalue weighted by molar-refractivity contribution is 7.20. The van der Waals surface area contributed by atoms with Crippen LogP contribution in [-0.4, -0.2) is 28.2 Å². The number of benzene rings is 1. The SMILES string of the molecule is COC(=O)c1sc2nc(C)nc(Nc3ccccc3O)c2c1C. The predicted molar refractivity (Wildman–Crippen MR) is 89.6 cm³/mol. The Labute approximate surface area is 136 Å². The molecule has 0 bridgehead atoms. The van der Waals surface area contributed by atoms with Gasteiger partial charge in [-0.15, -0.1) is 11.3 Å². The van der Waals surface area contributed by atoms with E-state index in [0.717, 1.165) is 10.9 Å². The normalized spacial score (nSPS) is 10.7. The highest BCUT2D eigenvalue weighted by Gasteiger charge is 2.20. The Morgan fingerprint density at radius 1 is 1.26 bits per heavy atom. The quantitative estimate of drug-likeness (QED) is 0.565. The molecule has 0 aliphatic carbocycles. The summed E-state index contributed by atoms with van der Waals surface area (Å²) < 4.78 is 4.82.